The minimum atomic E-state index is 0.592. The van der Waals surface area contributed by atoms with Gasteiger partial charge in [0.05, 0.1) is 0 Å². The average molecular weight is 112 g/mol. The van der Waals surface area contributed by atoms with Gasteiger partial charge < -0.3 is 0 Å². The Morgan fingerprint density at radius 2 is 1.75 bits per heavy atom. The molecule has 0 saturated carbocycles. The topological polar surface area (TPSA) is 0 Å². The molecule has 0 aliphatic carbocycles. The second-order valence-corrected chi connectivity index (χ2v) is 3.27. The first-order valence-corrected chi connectivity index (χ1v) is 3.62. The van der Waals surface area contributed by atoms with Crippen LogP contribution in [0.5, 0.6) is 0 Å². The standard InChI is InChI=1S/C7H17B/c1-5-7(3,4)8-6-2/h8H,5-6H2,1-4H3. The number of rotatable bonds is 3. The Hall–Kier alpha value is 0.0649. The Kier molecular flexibility index (Phi) is 3.19. The summed E-state index contributed by atoms with van der Waals surface area (Å²) < 4.78 is 0. The van der Waals surface area contributed by atoms with Gasteiger partial charge in [-0.15, -0.1) is 0 Å². The SMILES string of the molecule is CCBC(C)(C)CC. The monoisotopic (exact) mass is 112 g/mol. The first-order valence-electron chi connectivity index (χ1n) is 3.62. The summed E-state index contributed by atoms with van der Waals surface area (Å²) in [5, 5.41) is 0.592. The third kappa shape index (κ3) is 3.12. The second kappa shape index (κ2) is 3.16. The Morgan fingerprint density at radius 1 is 1.25 bits per heavy atom. The van der Waals surface area contributed by atoms with E-state index in [9.17, 15) is 0 Å². The molecule has 0 nitrogen and oxygen atoms in total. The van der Waals surface area contributed by atoms with Gasteiger partial charge in [-0.25, -0.2) is 0 Å². The summed E-state index contributed by atoms with van der Waals surface area (Å²) in [6.07, 6.45) is 2.63. The smallest absolute Gasteiger partial charge is 0.0798 e. The largest absolute Gasteiger partial charge is 0.127 e. The lowest BCUT2D eigenvalue weighted by atomic mass is 9.52. The zero-order valence-electron chi connectivity index (χ0n) is 6.62. The third-order valence-corrected chi connectivity index (χ3v) is 1.88. The van der Waals surface area contributed by atoms with Gasteiger partial charge in [0.1, 0.15) is 7.28 Å². The van der Waals surface area contributed by atoms with E-state index in [1.807, 2.05) is 0 Å². The summed E-state index contributed by atoms with van der Waals surface area (Å²) in [5.74, 6) is 0. The van der Waals surface area contributed by atoms with Crippen LogP contribution in [-0.2, 0) is 0 Å². The molecule has 0 heterocycles. The highest BCUT2D eigenvalue weighted by molar-refractivity contribution is 6.39. The minimum Gasteiger partial charge on any atom is -0.0798 e. The molecule has 0 aliphatic heterocycles. The van der Waals surface area contributed by atoms with Crippen molar-refractivity contribution in [1.82, 2.24) is 0 Å². The first-order chi connectivity index (χ1) is 3.62. The van der Waals surface area contributed by atoms with E-state index in [1.54, 1.807) is 0 Å². The van der Waals surface area contributed by atoms with Crippen molar-refractivity contribution < 1.29 is 0 Å². The molecule has 0 unspecified atom stereocenters. The molecule has 1 heteroatoms. The molecule has 0 atom stereocenters. The van der Waals surface area contributed by atoms with E-state index in [0.29, 0.717) is 5.31 Å². The lowest BCUT2D eigenvalue weighted by Crippen LogP contribution is -2.09. The molecule has 0 bridgehead atoms. The van der Waals surface area contributed by atoms with E-state index in [-0.39, 0.29) is 0 Å². The average Bonchev–Trinajstić information content (AvgIpc) is 1.67. The maximum atomic E-state index is 2.33. The Balaban J connectivity index is 3.37. The van der Waals surface area contributed by atoms with E-state index < -0.39 is 0 Å². The fourth-order valence-corrected chi connectivity index (χ4v) is 0.854. The van der Waals surface area contributed by atoms with Crippen molar-refractivity contribution in [2.24, 2.45) is 0 Å². The molecule has 0 fully saturated rings. The maximum Gasteiger partial charge on any atom is 0.127 e. The molecular weight excluding hydrogens is 94.9 g/mol. The van der Waals surface area contributed by atoms with Crippen molar-refractivity contribution in [2.75, 3.05) is 0 Å². The minimum absolute atomic E-state index is 0.592. The van der Waals surface area contributed by atoms with Crippen LogP contribution in [0.2, 0.25) is 11.6 Å². The van der Waals surface area contributed by atoms with Crippen LogP contribution < -0.4 is 0 Å². The van der Waals surface area contributed by atoms with Crippen LogP contribution in [0.4, 0.5) is 0 Å². The van der Waals surface area contributed by atoms with Crippen molar-refractivity contribution >= 4 is 7.28 Å². The van der Waals surface area contributed by atoms with Gasteiger partial charge in [-0.05, 0) is 0 Å². The molecule has 48 valence electrons. The normalized spacial score (nSPS) is 11.5. The van der Waals surface area contributed by atoms with Crippen molar-refractivity contribution in [2.45, 2.75) is 45.8 Å². The molecule has 0 saturated heterocycles. The van der Waals surface area contributed by atoms with Gasteiger partial charge in [-0.1, -0.05) is 45.8 Å². The van der Waals surface area contributed by atoms with Crippen molar-refractivity contribution in [3.63, 3.8) is 0 Å². The molecule has 0 aliphatic rings. The lowest BCUT2D eigenvalue weighted by molar-refractivity contribution is 0.642. The van der Waals surface area contributed by atoms with Gasteiger partial charge in [0, 0.05) is 0 Å². The summed E-state index contributed by atoms with van der Waals surface area (Å²) >= 11 is 0. The predicted molar refractivity (Wildman–Crippen MR) is 42.0 cm³/mol. The van der Waals surface area contributed by atoms with Gasteiger partial charge in [-0.2, -0.15) is 0 Å². The molecule has 0 radical (unpaired) electrons. The van der Waals surface area contributed by atoms with Crippen LogP contribution in [0, 0.1) is 0 Å². The molecule has 0 amide bonds. The van der Waals surface area contributed by atoms with Crippen LogP contribution in [0.25, 0.3) is 0 Å². The second-order valence-electron chi connectivity index (χ2n) is 3.27. The van der Waals surface area contributed by atoms with Crippen molar-refractivity contribution in [1.29, 1.82) is 0 Å². The number of hydrogen-bond donors (Lipinski definition) is 0. The van der Waals surface area contributed by atoms with Crippen LogP contribution >= 0.6 is 0 Å². The summed E-state index contributed by atoms with van der Waals surface area (Å²) in [7, 11) is 1.36. The molecular formula is C7H17B. The number of hydrogen-bond acceptors (Lipinski definition) is 0. The Bertz CT molecular complexity index is 57.4. The molecule has 0 aromatic rings. The summed E-state index contributed by atoms with van der Waals surface area (Å²) in [6, 6.07) is 0. The van der Waals surface area contributed by atoms with Gasteiger partial charge in [0.15, 0.2) is 0 Å². The molecule has 0 rings (SSSR count). The van der Waals surface area contributed by atoms with Crippen LogP contribution in [0.3, 0.4) is 0 Å². The predicted octanol–water partition coefficient (Wildman–Crippen LogP) is 2.47. The van der Waals surface area contributed by atoms with E-state index in [2.05, 4.69) is 27.7 Å². The van der Waals surface area contributed by atoms with Gasteiger partial charge in [0.2, 0.25) is 0 Å². The fraction of sp³-hybridized carbons (Fsp3) is 1.00. The van der Waals surface area contributed by atoms with Crippen LogP contribution in [-0.4, -0.2) is 7.28 Å². The highest BCUT2D eigenvalue weighted by Crippen LogP contribution is 2.27. The van der Waals surface area contributed by atoms with E-state index in [0.717, 1.165) is 0 Å². The zero-order chi connectivity index (χ0) is 6.62. The van der Waals surface area contributed by atoms with E-state index in [1.165, 1.54) is 20.0 Å². The molecule has 8 heavy (non-hydrogen) atoms. The van der Waals surface area contributed by atoms with Crippen molar-refractivity contribution in [3.8, 4) is 0 Å². The zero-order valence-corrected chi connectivity index (χ0v) is 6.62. The van der Waals surface area contributed by atoms with Gasteiger partial charge in [-0.3, -0.25) is 0 Å². The lowest BCUT2D eigenvalue weighted by Gasteiger charge is -2.19. The summed E-state index contributed by atoms with van der Waals surface area (Å²) in [6.45, 7) is 9.17. The fourth-order valence-electron chi connectivity index (χ4n) is 0.854. The highest BCUT2D eigenvalue weighted by Gasteiger charge is 2.13. The Labute approximate surface area is 53.9 Å². The van der Waals surface area contributed by atoms with E-state index in [4.69, 9.17) is 0 Å². The van der Waals surface area contributed by atoms with Crippen LogP contribution in [0.1, 0.15) is 34.1 Å². The molecule has 0 aromatic carbocycles. The third-order valence-electron chi connectivity index (χ3n) is 1.88. The molecule has 0 N–H and O–H groups in total. The molecule has 0 spiro atoms. The maximum absolute atomic E-state index is 2.33. The van der Waals surface area contributed by atoms with Crippen LogP contribution in [0.15, 0.2) is 0 Å². The highest BCUT2D eigenvalue weighted by atomic mass is 14.0. The quantitative estimate of drug-likeness (QED) is 0.492. The summed E-state index contributed by atoms with van der Waals surface area (Å²) in [4.78, 5) is 0. The molecule has 0 aromatic heterocycles. The van der Waals surface area contributed by atoms with Gasteiger partial charge >= 0.3 is 0 Å². The van der Waals surface area contributed by atoms with Gasteiger partial charge in [0.25, 0.3) is 0 Å². The van der Waals surface area contributed by atoms with E-state index >= 15 is 0 Å². The first kappa shape index (κ1) is 8.06. The Morgan fingerprint density at radius 3 is 1.88 bits per heavy atom. The summed E-state index contributed by atoms with van der Waals surface area (Å²) in [5.41, 5.74) is 0. The van der Waals surface area contributed by atoms with Crippen molar-refractivity contribution in [3.05, 3.63) is 0 Å².